The first-order valence-corrected chi connectivity index (χ1v) is 13.2. The first-order chi connectivity index (χ1) is 20.3. The Bertz CT molecular complexity index is 1990. The summed E-state index contributed by atoms with van der Waals surface area (Å²) in [6.07, 6.45) is 1.63. The molecule has 6 aromatic rings. The molecule has 0 unspecified atom stereocenters. The number of amides is 1. The SMILES string of the molecule is C[C@H](c1ccc2ccccc2c1)c1nnn2cc(-c3ccc(F)c(F)c3)cc(C(=O)NCc3ccc(C(=O)O)cc3)c12. The van der Waals surface area contributed by atoms with Crippen LogP contribution in [0.15, 0.2) is 97.2 Å². The number of carboxylic acids is 1. The van der Waals surface area contributed by atoms with Crippen LogP contribution in [0, 0.1) is 11.6 Å². The Kier molecular flexibility index (Phi) is 6.92. The lowest BCUT2D eigenvalue weighted by atomic mass is 9.93. The Balaban J connectivity index is 1.42. The molecule has 0 saturated carbocycles. The second-order valence-electron chi connectivity index (χ2n) is 10.1. The van der Waals surface area contributed by atoms with Crippen molar-refractivity contribution in [2.45, 2.75) is 19.4 Å². The molecule has 2 aromatic heterocycles. The highest BCUT2D eigenvalue weighted by molar-refractivity contribution is 6.02. The van der Waals surface area contributed by atoms with Crippen molar-refractivity contribution in [2.24, 2.45) is 0 Å². The molecule has 0 bridgehead atoms. The molecule has 1 atom stereocenters. The highest BCUT2D eigenvalue weighted by Crippen LogP contribution is 2.32. The summed E-state index contributed by atoms with van der Waals surface area (Å²) in [7, 11) is 0. The Hall–Kier alpha value is -5.44. The lowest BCUT2D eigenvalue weighted by Crippen LogP contribution is -2.24. The van der Waals surface area contributed by atoms with E-state index in [0.29, 0.717) is 27.9 Å². The minimum absolute atomic E-state index is 0.136. The number of aromatic nitrogens is 3. The number of halogens is 2. The van der Waals surface area contributed by atoms with Crippen LogP contribution < -0.4 is 5.32 Å². The zero-order chi connectivity index (χ0) is 29.4. The molecule has 7 nitrogen and oxygen atoms in total. The molecule has 0 aliphatic heterocycles. The number of nitrogens with one attached hydrogen (secondary N) is 1. The van der Waals surface area contributed by atoms with Crippen LogP contribution in [0.3, 0.4) is 0 Å². The summed E-state index contributed by atoms with van der Waals surface area (Å²) < 4.78 is 29.3. The van der Waals surface area contributed by atoms with Crippen LogP contribution in [0.5, 0.6) is 0 Å². The van der Waals surface area contributed by atoms with Crippen LogP contribution in [0.4, 0.5) is 8.78 Å². The van der Waals surface area contributed by atoms with Gasteiger partial charge in [-0.05, 0) is 57.8 Å². The minimum atomic E-state index is -1.04. The van der Waals surface area contributed by atoms with Crippen LogP contribution in [-0.2, 0) is 6.54 Å². The van der Waals surface area contributed by atoms with E-state index in [9.17, 15) is 18.4 Å². The molecular formula is C33H24F2N4O3. The molecule has 0 spiro atoms. The van der Waals surface area contributed by atoms with Gasteiger partial charge in [-0.1, -0.05) is 72.8 Å². The molecule has 6 rings (SSSR count). The normalized spacial score (nSPS) is 12.0. The van der Waals surface area contributed by atoms with E-state index in [1.54, 1.807) is 24.4 Å². The largest absolute Gasteiger partial charge is 0.478 e. The fourth-order valence-electron chi connectivity index (χ4n) is 5.03. The standard InChI is InChI=1S/C33H24F2N4O3/c1-19(23-11-10-21-4-2-3-5-24(21)14-23)30-31-27(32(40)36-17-20-6-8-22(9-7-20)33(41)42)15-26(18-39(31)38-37-30)25-12-13-28(34)29(35)16-25/h2-16,18-19H,17H2,1H3,(H,36,40)(H,41,42)/t19-/m1/s1. The quantitative estimate of drug-likeness (QED) is 0.228. The molecule has 0 aliphatic carbocycles. The third-order valence-corrected chi connectivity index (χ3v) is 7.37. The van der Waals surface area contributed by atoms with Crippen LogP contribution in [0.25, 0.3) is 27.4 Å². The first kappa shape index (κ1) is 26.8. The number of carbonyl (C=O) groups is 2. The highest BCUT2D eigenvalue weighted by atomic mass is 19.2. The summed E-state index contributed by atoms with van der Waals surface area (Å²) in [6.45, 7) is 2.13. The molecule has 42 heavy (non-hydrogen) atoms. The van der Waals surface area contributed by atoms with E-state index in [0.717, 1.165) is 28.5 Å². The molecule has 9 heteroatoms. The van der Waals surface area contributed by atoms with Gasteiger partial charge in [-0.15, -0.1) is 5.10 Å². The number of rotatable bonds is 7. The average Bonchev–Trinajstić information content (AvgIpc) is 3.44. The molecule has 0 radical (unpaired) electrons. The molecule has 2 N–H and O–H groups in total. The summed E-state index contributed by atoms with van der Waals surface area (Å²) in [4.78, 5) is 24.9. The summed E-state index contributed by atoms with van der Waals surface area (Å²) in [6, 6.07) is 25.5. The van der Waals surface area contributed by atoms with Gasteiger partial charge in [0, 0.05) is 24.2 Å². The third-order valence-electron chi connectivity index (χ3n) is 7.37. The summed E-state index contributed by atoms with van der Waals surface area (Å²) in [5.74, 6) is -3.67. The van der Waals surface area contributed by atoms with Crippen molar-refractivity contribution < 1.29 is 23.5 Å². The predicted molar refractivity (Wildman–Crippen MR) is 154 cm³/mol. The van der Waals surface area contributed by atoms with E-state index in [-0.39, 0.29) is 23.6 Å². The minimum Gasteiger partial charge on any atom is -0.478 e. The van der Waals surface area contributed by atoms with Crippen molar-refractivity contribution in [3.8, 4) is 11.1 Å². The monoisotopic (exact) mass is 562 g/mol. The highest BCUT2D eigenvalue weighted by Gasteiger charge is 2.23. The van der Waals surface area contributed by atoms with Crippen LogP contribution in [-0.4, -0.2) is 31.8 Å². The summed E-state index contributed by atoms with van der Waals surface area (Å²) in [5.41, 5.74) is 3.98. The summed E-state index contributed by atoms with van der Waals surface area (Å²) >= 11 is 0. The Morgan fingerprint density at radius 2 is 1.64 bits per heavy atom. The molecule has 4 aromatic carbocycles. The maximum absolute atomic E-state index is 14.1. The van der Waals surface area contributed by atoms with Crippen molar-refractivity contribution in [2.75, 3.05) is 0 Å². The first-order valence-electron chi connectivity index (χ1n) is 13.2. The van der Waals surface area contributed by atoms with Gasteiger partial charge < -0.3 is 10.4 Å². The van der Waals surface area contributed by atoms with Gasteiger partial charge in [0.1, 0.15) is 5.52 Å². The average molecular weight is 563 g/mol. The number of fused-ring (bicyclic) bond motifs is 2. The molecule has 0 fully saturated rings. The number of hydrogen-bond acceptors (Lipinski definition) is 4. The van der Waals surface area contributed by atoms with Gasteiger partial charge in [0.05, 0.1) is 16.8 Å². The molecule has 0 aliphatic rings. The van der Waals surface area contributed by atoms with E-state index in [4.69, 9.17) is 5.11 Å². The van der Waals surface area contributed by atoms with E-state index in [1.165, 1.54) is 22.7 Å². The number of carbonyl (C=O) groups excluding carboxylic acids is 1. The van der Waals surface area contributed by atoms with Crippen LogP contribution >= 0.6 is 0 Å². The zero-order valence-electron chi connectivity index (χ0n) is 22.4. The second kappa shape index (κ2) is 10.9. The van der Waals surface area contributed by atoms with Crippen molar-refractivity contribution >= 4 is 28.2 Å². The third kappa shape index (κ3) is 5.08. The lowest BCUT2D eigenvalue weighted by Gasteiger charge is -2.14. The second-order valence-corrected chi connectivity index (χ2v) is 10.1. The van der Waals surface area contributed by atoms with Gasteiger partial charge in [-0.2, -0.15) is 0 Å². The number of carboxylic acid groups (broad SMARTS) is 1. The van der Waals surface area contributed by atoms with Crippen LogP contribution in [0.2, 0.25) is 0 Å². The number of aromatic carboxylic acids is 1. The Morgan fingerprint density at radius 3 is 2.38 bits per heavy atom. The van der Waals surface area contributed by atoms with E-state index in [1.807, 2.05) is 43.3 Å². The van der Waals surface area contributed by atoms with Gasteiger partial charge >= 0.3 is 5.97 Å². The van der Waals surface area contributed by atoms with E-state index in [2.05, 4.69) is 21.7 Å². The fraction of sp³-hybridized carbons (Fsp3) is 0.0909. The molecule has 208 valence electrons. The van der Waals surface area contributed by atoms with Gasteiger partial charge in [0.2, 0.25) is 0 Å². The Morgan fingerprint density at radius 1 is 0.881 bits per heavy atom. The van der Waals surface area contributed by atoms with Gasteiger partial charge in [0.25, 0.3) is 5.91 Å². The lowest BCUT2D eigenvalue weighted by molar-refractivity contribution is 0.0696. The van der Waals surface area contributed by atoms with Crippen LogP contribution in [0.1, 0.15) is 50.4 Å². The number of pyridine rings is 1. The van der Waals surface area contributed by atoms with Crippen molar-refractivity contribution in [3.05, 3.63) is 137 Å². The van der Waals surface area contributed by atoms with E-state index < -0.39 is 23.5 Å². The summed E-state index contributed by atoms with van der Waals surface area (Å²) in [5, 5.41) is 23.0. The number of hydrogen-bond donors (Lipinski definition) is 2. The zero-order valence-corrected chi connectivity index (χ0v) is 22.4. The molecule has 1 amide bonds. The van der Waals surface area contributed by atoms with Crippen molar-refractivity contribution in [1.82, 2.24) is 20.1 Å². The maximum atomic E-state index is 14.1. The smallest absolute Gasteiger partial charge is 0.335 e. The topological polar surface area (TPSA) is 96.6 Å². The Labute approximate surface area is 239 Å². The number of benzene rings is 4. The van der Waals surface area contributed by atoms with E-state index >= 15 is 0 Å². The van der Waals surface area contributed by atoms with Gasteiger partial charge in [0.15, 0.2) is 11.6 Å². The van der Waals surface area contributed by atoms with Gasteiger partial charge in [-0.25, -0.2) is 18.1 Å². The molecule has 0 saturated heterocycles. The fourth-order valence-corrected chi connectivity index (χ4v) is 5.03. The maximum Gasteiger partial charge on any atom is 0.335 e. The predicted octanol–water partition coefficient (Wildman–Crippen LogP) is 6.61. The molecular weight excluding hydrogens is 538 g/mol. The van der Waals surface area contributed by atoms with Crippen molar-refractivity contribution in [1.29, 1.82) is 0 Å². The number of nitrogens with zero attached hydrogens (tertiary/aromatic N) is 3. The van der Waals surface area contributed by atoms with Crippen molar-refractivity contribution in [3.63, 3.8) is 0 Å². The molecule has 2 heterocycles. The van der Waals surface area contributed by atoms with Gasteiger partial charge in [-0.3, -0.25) is 4.79 Å².